The zero-order valence-corrected chi connectivity index (χ0v) is 6.13. The Labute approximate surface area is 59.4 Å². The molecule has 0 atom stereocenters. The van der Waals surface area contributed by atoms with Crippen molar-refractivity contribution in [2.45, 2.75) is 12.8 Å². The highest BCUT2D eigenvalue weighted by Crippen LogP contribution is 2.11. The van der Waals surface area contributed by atoms with Crippen molar-refractivity contribution in [1.82, 2.24) is 10.0 Å². The van der Waals surface area contributed by atoms with E-state index in [2.05, 4.69) is 0 Å². The van der Waals surface area contributed by atoms with Crippen LogP contribution in [-0.2, 0) is 9.59 Å². The van der Waals surface area contributed by atoms with Crippen LogP contribution < -0.4 is 0 Å². The molecule has 1 rings (SSSR count). The SMILES string of the molecule is CN(C)N1C(=O)CCC1=O. The Morgan fingerprint density at radius 2 is 1.60 bits per heavy atom. The van der Waals surface area contributed by atoms with Crippen LogP contribution >= 0.6 is 0 Å². The molecular formula is C6H10N2O2. The van der Waals surface area contributed by atoms with Crippen LogP contribution in [-0.4, -0.2) is 35.9 Å². The maximum absolute atomic E-state index is 10.9. The standard InChI is InChI=1S/C6H10N2O2/c1-7(2)8-5(9)3-4-6(8)10/h3-4H2,1-2H3. The zero-order valence-electron chi connectivity index (χ0n) is 6.13. The number of hydrazine groups is 1. The van der Waals surface area contributed by atoms with Crippen molar-refractivity contribution in [3.8, 4) is 0 Å². The molecule has 4 nitrogen and oxygen atoms in total. The summed E-state index contributed by atoms with van der Waals surface area (Å²) in [5, 5.41) is 2.68. The third kappa shape index (κ3) is 1.02. The lowest BCUT2D eigenvalue weighted by molar-refractivity contribution is -0.152. The fourth-order valence-electron chi connectivity index (χ4n) is 1.01. The molecule has 1 aliphatic rings. The topological polar surface area (TPSA) is 40.6 Å². The van der Waals surface area contributed by atoms with E-state index in [-0.39, 0.29) is 11.8 Å². The summed E-state index contributed by atoms with van der Waals surface area (Å²) < 4.78 is 0. The van der Waals surface area contributed by atoms with Gasteiger partial charge in [0.2, 0.25) is 11.8 Å². The van der Waals surface area contributed by atoms with Crippen molar-refractivity contribution < 1.29 is 9.59 Å². The number of hydrogen-bond acceptors (Lipinski definition) is 3. The lowest BCUT2D eigenvalue weighted by Crippen LogP contribution is -2.40. The van der Waals surface area contributed by atoms with E-state index in [1.165, 1.54) is 10.0 Å². The second-order valence-electron chi connectivity index (χ2n) is 2.45. The minimum Gasteiger partial charge on any atom is -0.273 e. The molecule has 0 aromatic rings. The first kappa shape index (κ1) is 7.21. The predicted molar refractivity (Wildman–Crippen MR) is 34.8 cm³/mol. The molecule has 56 valence electrons. The van der Waals surface area contributed by atoms with Gasteiger partial charge in [0.15, 0.2) is 0 Å². The molecule has 0 aliphatic carbocycles. The van der Waals surface area contributed by atoms with Crippen molar-refractivity contribution in [3.63, 3.8) is 0 Å². The highest BCUT2D eigenvalue weighted by molar-refractivity contribution is 6.01. The Kier molecular flexibility index (Phi) is 1.72. The molecule has 0 unspecified atom stereocenters. The van der Waals surface area contributed by atoms with Gasteiger partial charge in [-0.3, -0.25) is 9.59 Å². The largest absolute Gasteiger partial charge is 0.273 e. The molecule has 10 heavy (non-hydrogen) atoms. The number of imide groups is 1. The van der Waals surface area contributed by atoms with Crippen LogP contribution in [0, 0.1) is 0 Å². The van der Waals surface area contributed by atoms with E-state index >= 15 is 0 Å². The van der Waals surface area contributed by atoms with Crippen LogP contribution in [0.15, 0.2) is 0 Å². The van der Waals surface area contributed by atoms with E-state index in [1.54, 1.807) is 14.1 Å². The highest BCUT2D eigenvalue weighted by atomic mass is 16.2. The second kappa shape index (κ2) is 2.38. The molecule has 0 bridgehead atoms. The van der Waals surface area contributed by atoms with Gasteiger partial charge in [-0.1, -0.05) is 0 Å². The van der Waals surface area contributed by atoms with Crippen LogP contribution in [0.25, 0.3) is 0 Å². The van der Waals surface area contributed by atoms with Crippen LogP contribution in [0.3, 0.4) is 0 Å². The first-order valence-corrected chi connectivity index (χ1v) is 3.16. The van der Waals surface area contributed by atoms with Crippen LogP contribution in [0.5, 0.6) is 0 Å². The summed E-state index contributed by atoms with van der Waals surface area (Å²) in [4.78, 5) is 21.8. The van der Waals surface area contributed by atoms with Gasteiger partial charge in [-0.15, -0.1) is 0 Å². The first-order chi connectivity index (χ1) is 4.63. The third-order valence-electron chi connectivity index (χ3n) is 1.43. The summed E-state index contributed by atoms with van der Waals surface area (Å²) >= 11 is 0. The summed E-state index contributed by atoms with van der Waals surface area (Å²) in [6.45, 7) is 0. The number of rotatable bonds is 1. The van der Waals surface area contributed by atoms with Crippen molar-refractivity contribution in [2.75, 3.05) is 14.1 Å². The van der Waals surface area contributed by atoms with Gasteiger partial charge in [-0.25, -0.2) is 10.0 Å². The monoisotopic (exact) mass is 142 g/mol. The lowest BCUT2D eigenvalue weighted by atomic mass is 10.4. The quantitative estimate of drug-likeness (QED) is 0.468. The molecule has 1 fully saturated rings. The van der Waals surface area contributed by atoms with Gasteiger partial charge in [-0.2, -0.15) is 0 Å². The molecule has 0 spiro atoms. The van der Waals surface area contributed by atoms with E-state index in [0.29, 0.717) is 12.8 Å². The van der Waals surface area contributed by atoms with Crippen molar-refractivity contribution in [2.24, 2.45) is 0 Å². The normalized spacial score (nSPS) is 19.3. The Balaban J connectivity index is 2.72. The third-order valence-corrected chi connectivity index (χ3v) is 1.43. The molecule has 0 saturated carbocycles. The predicted octanol–water partition coefficient (Wildman–Crippen LogP) is -0.388. The molecular weight excluding hydrogens is 132 g/mol. The maximum atomic E-state index is 10.9. The molecule has 0 aromatic heterocycles. The average molecular weight is 142 g/mol. The fourth-order valence-corrected chi connectivity index (χ4v) is 1.01. The Hall–Kier alpha value is -0.900. The van der Waals surface area contributed by atoms with Gasteiger partial charge >= 0.3 is 0 Å². The maximum Gasteiger partial charge on any atom is 0.244 e. The summed E-state index contributed by atoms with van der Waals surface area (Å²) in [6.07, 6.45) is 0.716. The van der Waals surface area contributed by atoms with Crippen LogP contribution in [0.4, 0.5) is 0 Å². The van der Waals surface area contributed by atoms with Crippen LogP contribution in [0.2, 0.25) is 0 Å². The fraction of sp³-hybridized carbons (Fsp3) is 0.667. The molecule has 0 radical (unpaired) electrons. The molecule has 1 aliphatic heterocycles. The Morgan fingerprint density at radius 1 is 1.20 bits per heavy atom. The zero-order chi connectivity index (χ0) is 7.72. The summed E-state index contributed by atoms with van der Waals surface area (Å²) in [5.74, 6) is -0.204. The second-order valence-corrected chi connectivity index (χ2v) is 2.45. The number of carbonyl (C=O) groups is 2. The molecule has 1 heterocycles. The number of nitrogens with zero attached hydrogens (tertiary/aromatic N) is 2. The van der Waals surface area contributed by atoms with E-state index < -0.39 is 0 Å². The van der Waals surface area contributed by atoms with Crippen LogP contribution in [0.1, 0.15) is 12.8 Å². The molecule has 0 aromatic carbocycles. The number of carbonyl (C=O) groups excluding carboxylic acids is 2. The summed E-state index contributed by atoms with van der Waals surface area (Å²) in [5.41, 5.74) is 0. The van der Waals surface area contributed by atoms with Crippen molar-refractivity contribution in [3.05, 3.63) is 0 Å². The Bertz CT molecular complexity index is 161. The minimum absolute atomic E-state index is 0.102. The van der Waals surface area contributed by atoms with E-state index in [4.69, 9.17) is 0 Å². The van der Waals surface area contributed by atoms with Gasteiger partial charge in [0, 0.05) is 26.9 Å². The number of amides is 2. The summed E-state index contributed by atoms with van der Waals surface area (Å²) in [7, 11) is 3.36. The Morgan fingerprint density at radius 3 is 1.80 bits per heavy atom. The van der Waals surface area contributed by atoms with Gasteiger partial charge < -0.3 is 0 Å². The van der Waals surface area contributed by atoms with E-state index in [9.17, 15) is 9.59 Å². The van der Waals surface area contributed by atoms with Gasteiger partial charge in [0.1, 0.15) is 0 Å². The lowest BCUT2D eigenvalue weighted by Gasteiger charge is -2.20. The molecule has 0 N–H and O–H groups in total. The van der Waals surface area contributed by atoms with E-state index in [0.717, 1.165) is 0 Å². The van der Waals surface area contributed by atoms with E-state index in [1.807, 2.05) is 0 Å². The molecule has 2 amide bonds. The summed E-state index contributed by atoms with van der Waals surface area (Å²) in [6, 6.07) is 0. The number of hydrogen-bond donors (Lipinski definition) is 0. The van der Waals surface area contributed by atoms with Crippen molar-refractivity contribution in [1.29, 1.82) is 0 Å². The first-order valence-electron chi connectivity index (χ1n) is 3.16. The van der Waals surface area contributed by atoms with Crippen molar-refractivity contribution >= 4 is 11.8 Å². The molecule has 1 saturated heterocycles. The van der Waals surface area contributed by atoms with Gasteiger partial charge in [0.25, 0.3) is 0 Å². The van der Waals surface area contributed by atoms with Gasteiger partial charge in [-0.05, 0) is 0 Å². The smallest absolute Gasteiger partial charge is 0.244 e. The highest BCUT2D eigenvalue weighted by Gasteiger charge is 2.30. The minimum atomic E-state index is -0.102. The molecule has 4 heteroatoms. The average Bonchev–Trinajstić information content (AvgIpc) is 2.11. The van der Waals surface area contributed by atoms with Gasteiger partial charge in [0.05, 0.1) is 0 Å².